The summed E-state index contributed by atoms with van der Waals surface area (Å²) in [7, 11) is 0. The monoisotopic (exact) mass is 297 g/mol. The first-order valence-electron chi connectivity index (χ1n) is 8.04. The van der Waals surface area contributed by atoms with Crippen molar-refractivity contribution in [1.82, 2.24) is 10.2 Å². The number of carbonyl (C=O) groups excluding carboxylic acids is 2. The van der Waals surface area contributed by atoms with Gasteiger partial charge in [-0.1, -0.05) is 6.42 Å². The molecule has 6 nitrogen and oxygen atoms in total. The van der Waals surface area contributed by atoms with Crippen LogP contribution in [0.2, 0.25) is 0 Å². The van der Waals surface area contributed by atoms with Gasteiger partial charge in [0.1, 0.15) is 0 Å². The van der Waals surface area contributed by atoms with Crippen molar-refractivity contribution in [1.29, 1.82) is 0 Å². The normalized spacial score (nSPS) is 29.4. The van der Waals surface area contributed by atoms with Gasteiger partial charge in [-0.3, -0.25) is 4.79 Å². The third-order valence-corrected chi connectivity index (χ3v) is 4.76. The Labute approximate surface area is 126 Å². The molecule has 1 saturated carbocycles. The Morgan fingerprint density at radius 2 is 2.05 bits per heavy atom. The molecule has 3 amide bonds. The number of nitrogens with two attached hydrogens (primary N) is 1. The van der Waals surface area contributed by atoms with Gasteiger partial charge in [-0.25, -0.2) is 4.79 Å². The van der Waals surface area contributed by atoms with Gasteiger partial charge in [0.2, 0.25) is 5.91 Å². The Balaban J connectivity index is 1.83. The molecule has 3 atom stereocenters. The van der Waals surface area contributed by atoms with Gasteiger partial charge in [-0.05, 0) is 43.9 Å². The van der Waals surface area contributed by atoms with E-state index in [-0.39, 0.29) is 30.5 Å². The molecule has 0 aromatic carbocycles. The van der Waals surface area contributed by atoms with Crippen molar-refractivity contribution in [3.05, 3.63) is 0 Å². The molecule has 0 radical (unpaired) electrons. The van der Waals surface area contributed by atoms with E-state index in [2.05, 4.69) is 5.32 Å². The van der Waals surface area contributed by atoms with Crippen LogP contribution in [0.3, 0.4) is 0 Å². The molecule has 120 valence electrons. The SMILES string of the molecule is NC(=O)CC1CCCN(C(=O)NC2CCCC2CCO)C1. The van der Waals surface area contributed by atoms with Gasteiger partial charge in [0.25, 0.3) is 0 Å². The standard InChI is InChI=1S/C15H27N3O3/c16-14(20)9-11-3-2-7-18(10-11)15(21)17-13-5-1-4-12(13)6-8-19/h11-13,19H,1-10H2,(H2,16,20)(H,17,21). The second-order valence-corrected chi connectivity index (χ2v) is 6.38. The molecule has 2 rings (SSSR count). The Bertz CT molecular complexity index is 375. The highest BCUT2D eigenvalue weighted by Crippen LogP contribution is 2.28. The maximum atomic E-state index is 12.4. The van der Waals surface area contributed by atoms with E-state index in [0.717, 1.165) is 45.1 Å². The number of nitrogens with one attached hydrogen (secondary N) is 1. The van der Waals surface area contributed by atoms with Crippen LogP contribution < -0.4 is 11.1 Å². The molecule has 1 heterocycles. The third kappa shape index (κ3) is 4.59. The number of hydrogen-bond donors (Lipinski definition) is 3. The topological polar surface area (TPSA) is 95.7 Å². The molecule has 0 aromatic rings. The zero-order valence-corrected chi connectivity index (χ0v) is 12.6. The van der Waals surface area contributed by atoms with E-state index in [1.54, 1.807) is 0 Å². The molecule has 1 saturated heterocycles. The quantitative estimate of drug-likeness (QED) is 0.701. The Hall–Kier alpha value is -1.30. The average molecular weight is 297 g/mol. The van der Waals surface area contributed by atoms with Crippen LogP contribution in [0.15, 0.2) is 0 Å². The number of hydrogen-bond acceptors (Lipinski definition) is 3. The number of primary amides is 1. The van der Waals surface area contributed by atoms with Crippen molar-refractivity contribution in [3.63, 3.8) is 0 Å². The van der Waals surface area contributed by atoms with Gasteiger partial charge < -0.3 is 21.1 Å². The van der Waals surface area contributed by atoms with Crippen LogP contribution in [0, 0.1) is 11.8 Å². The van der Waals surface area contributed by atoms with E-state index in [4.69, 9.17) is 10.8 Å². The minimum absolute atomic E-state index is 0.0287. The molecular weight excluding hydrogens is 270 g/mol. The molecule has 0 bridgehead atoms. The number of likely N-dealkylation sites (tertiary alicyclic amines) is 1. The molecule has 6 heteroatoms. The highest BCUT2D eigenvalue weighted by molar-refractivity contribution is 5.76. The van der Waals surface area contributed by atoms with Crippen LogP contribution in [0.1, 0.15) is 44.9 Å². The van der Waals surface area contributed by atoms with Crippen molar-refractivity contribution in [2.24, 2.45) is 17.6 Å². The number of aliphatic hydroxyl groups is 1. The Morgan fingerprint density at radius 3 is 2.76 bits per heavy atom. The van der Waals surface area contributed by atoms with Crippen molar-refractivity contribution in [2.75, 3.05) is 19.7 Å². The smallest absolute Gasteiger partial charge is 0.317 e. The summed E-state index contributed by atoms with van der Waals surface area (Å²) in [5.74, 6) is 0.296. The first kappa shape index (κ1) is 16.1. The Morgan fingerprint density at radius 1 is 1.24 bits per heavy atom. The summed E-state index contributed by atoms with van der Waals surface area (Å²) in [4.78, 5) is 25.2. The fourth-order valence-electron chi connectivity index (χ4n) is 3.69. The van der Waals surface area contributed by atoms with Crippen molar-refractivity contribution < 1.29 is 14.7 Å². The summed E-state index contributed by atoms with van der Waals surface area (Å²) in [6, 6.07) is 0.153. The Kier molecular flexibility index (Phi) is 5.85. The predicted octanol–water partition coefficient (Wildman–Crippen LogP) is 0.834. The second kappa shape index (κ2) is 7.64. The zero-order valence-electron chi connectivity index (χ0n) is 12.6. The molecule has 4 N–H and O–H groups in total. The highest BCUT2D eigenvalue weighted by atomic mass is 16.3. The van der Waals surface area contributed by atoms with Crippen molar-refractivity contribution in [2.45, 2.75) is 51.0 Å². The van der Waals surface area contributed by atoms with Gasteiger partial charge in [-0.15, -0.1) is 0 Å². The van der Waals surface area contributed by atoms with E-state index in [1.807, 2.05) is 4.90 Å². The number of carbonyl (C=O) groups is 2. The summed E-state index contributed by atoms with van der Waals surface area (Å²) in [6.45, 7) is 1.55. The molecule has 3 unspecified atom stereocenters. The minimum Gasteiger partial charge on any atom is -0.396 e. The largest absolute Gasteiger partial charge is 0.396 e. The molecule has 1 aliphatic carbocycles. The highest BCUT2D eigenvalue weighted by Gasteiger charge is 2.31. The lowest BCUT2D eigenvalue weighted by molar-refractivity contribution is -0.119. The maximum absolute atomic E-state index is 12.4. The van der Waals surface area contributed by atoms with Crippen molar-refractivity contribution in [3.8, 4) is 0 Å². The van der Waals surface area contributed by atoms with E-state index in [0.29, 0.717) is 18.9 Å². The van der Waals surface area contributed by atoms with Gasteiger partial charge in [0.05, 0.1) is 0 Å². The van der Waals surface area contributed by atoms with E-state index in [1.165, 1.54) is 0 Å². The summed E-state index contributed by atoms with van der Waals surface area (Å²) < 4.78 is 0. The maximum Gasteiger partial charge on any atom is 0.317 e. The number of urea groups is 1. The van der Waals surface area contributed by atoms with Gasteiger partial charge >= 0.3 is 6.03 Å². The number of nitrogens with zero attached hydrogens (tertiary/aromatic N) is 1. The van der Waals surface area contributed by atoms with Crippen LogP contribution >= 0.6 is 0 Å². The lowest BCUT2D eigenvalue weighted by atomic mass is 9.94. The number of piperidine rings is 1. The summed E-state index contributed by atoms with van der Waals surface area (Å²) >= 11 is 0. The minimum atomic E-state index is -0.291. The molecule has 0 aromatic heterocycles. The predicted molar refractivity (Wildman–Crippen MR) is 79.5 cm³/mol. The second-order valence-electron chi connectivity index (χ2n) is 6.38. The number of aliphatic hydroxyl groups excluding tert-OH is 1. The first-order valence-corrected chi connectivity index (χ1v) is 8.04. The van der Waals surface area contributed by atoms with E-state index in [9.17, 15) is 9.59 Å². The molecule has 21 heavy (non-hydrogen) atoms. The number of amides is 3. The van der Waals surface area contributed by atoms with Crippen LogP contribution in [-0.4, -0.2) is 47.7 Å². The molecule has 2 aliphatic rings. The summed E-state index contributed by atoms with van der Waals surface area (Å²) in [6.07, 6.45) is 6.19. The zero-order chi connectivity index (χ0) is 15.2. The van der Waals surface area contributed by atoms with Crippen LogP contribution in [0.25, 0.3) is 0 Å². The van der Waals surface area contributed by atoms with Crippen LogP contribution in [0.5, 0.6) is 0 Å². The van der Waals surface area contributed by atoms with E-state index >= 15 is 0 Å². The first-order chi connectivity index (χ1) is 10.1. The van der Waals surface area contributed by atoms with Gasteiger partial charge in [0, 0.05) is 32.2 Å². The van der Waals surface area contributed by atoms with Crippen LogP contribution in [0.4, 0.5) is 4.79 Å². The molecular formula is C15H27N3O3. The fraction of sp³-hybridized carbons (Fsp3) is 0.867. The molecule has 0 spiro atoms. The van der Waals surface area contributed by atoms with Gasteiger partial charge in [-0.2, -0.15) is 0 Å². The van der Waals surface area contributed by atoms with E-state index < -0.39 is 0 Å². The summed E-state index contributed by atoms with van der Waals surface area (Å²) in [5.41, 5.74) is 5.25. The molecule has 1 aliphatic heterocycles. The lowest BCUT2D eigenvalue weighted by Crippen LogP contribution is -2.49. The van der Waals surface area contributed by atoms with Crippen LogP contribution in [-0.2, 0) is 4.79 Å². The average Bonchev–Trinajstić information content (AvgIpc) is 2.86. The van der Waals surface area contributed by atoms with Gasteiger partial charge in [0.15, 0.2) is 0 Å². The lowest BCUT2D eigenvalue weighted by Gasteiger charge is -2.34. The fourth-order valence-corrected chi connectivity index (χ4v) is 3.69. The number of rotatable bonds is 5. The third-order valence-electron chi connectivity index (χ3n) is 4.76. The molecule has 2 fully saturated rings. The van der Waals surface area contributed by atoms with Crippen molar-refractivity contribution >= 4 is 11.9 Å². The summed E-state index contributed by atoms with van der Waals surface area (Å²) in [5, 5.41) is 12.2.